The summed E-state index contributed by atoms with van der Waals surface area (Å²) in [6.45, 7) is 2.20. The topological polar surface area (TPSA) is 77.2 Å². The van der Waals surface area contributed by atoms with E-state index in [1.54, 1.807) is 54.9 Å². The lowest BCUT2D eigenvalue weighted by Gasteiger charge is -2.07. The highest BCUT2D eigenvalue weighted by Crippen LogP contribution is 2.21. The fourth-order valence-electron chi connectivity index (χ4n) is 2.49. The zero-order valence-corrected chi connectivity index (χ0v) is 14.7. The Balaban J connectivity index is 1.41. The molecule has 7 heteroatoms. The van der Waals surface area contributed by atoms with Crippen molar-refractivity contribution in [3.05, 3.63) is 70.5 Å². The lowest BCUT2D eigenvalue weighted by atomic mass is 10.2. The third kappa shape index (κ3) is 3.57. The van der Waals surface area contributed by atoms with Crippen LogP contribution in [0.15, 0.2) is 57.8 Å². The van der Waals surface area contributed by atoms with Gasteiger partial charge in [0.15, 0.2) is 11.5 Å². The molecule has 1 amide bonds. The SMILES string of the molecule is Cc1nc2cc(NC(=O)c3ccc(OCc4cscn4)cc3)ccc2o1. The van der Waals surface area contributed by atoms with Gasteiger partial charge >= 0.3 is 0 Å². The summed E-state index contributed by atoms with van der Waals surface area (Å²) in [5.74, 6) is 1.08. The molecular formula is C19H15N3O3S. The van der Waals surface area contributed by atoms with Crippen LogP contribution in [-0.2, 0) is 6.61 Å². The molecule has 4 aromatic rings. The average molecular weight is 365 g/mol. The normalized spacial score (nSPS) is 10.8. The molecule has 0 spiro atoms. The number of carbonyl (C=O) groups is 1. The predicted molar refractivity (Wildman–Crippen MR) is 99.6 cm³/mol. The molecule has 0 aliphatic carbocycles. The van der Waals surface area contributed by atoms with E-state index in [1.165, 1.54) is 11.3 Å². The number of aromatic nitrogens is 2. The van der Waals surface area contributed by atoms with E-state index in [2.05, 4.69) is 15.3 Å². The van der Waals surface area contributed by atoms with E-state index in [9.17, 15) is 4.79 Å². The molecule has 0 saturated heterocycles. The summed E-state index contributed by atoms with van der Waals surface area (Å²) in [5, 5.41) is 4.80. The maximum atomic E-state index is 12.4. The number of amides is 1. The van der Waals surface area contributed by atoms with Gasteiger partial charge in [-0.1, -0.05) is 0 Å². The third-order valence-corrected chi connectivity index (χ3v) is 4.37. The Hall–Kier alpha value is -3.19. The molecule has 0 atom stereocenters. The van der Waals surface area contributed by atoms with Crippen LogP contribution < -0.4 is 10.1 Å². The molecule has 130 valence electrons. The van der Waals surface area contributed by atoms with Crippen molar-refractivity contribution in [1.29, 1.82) is 0 Å². The van der Waals surface area contributed by atoms with Crippen molar-refractivity contribution < 1.29 is 13.9 Å². The van der Waals surface area contributed by atoms with Crippen molar-refractivity contribution in [2.75, 3.05) is 5.32 Å². The number of aryl methyl sites for hydroxylation is 1. The fourth-order valence-corrected chi connectivity index (χ4v) is 3.04. The van der Waals surface area contributed by atoms with Gasteiger partial charge in [0.1, 0.15) is 17.9 Å². The number of hydrogen-bond acceptors (Lipinski definition) is 6. The highest BCUT2D eigenvalue weighted by atomic mass is 32.1. The smallest absolute Gasteiger partial charge is 0.255 e. The molecule has 0 aliphatic rings. The van der Waals surface area contributed by atoms with Gasteiger partial charge in [0.25, 0.3) is 5.91 Å². The number of rotatable bonds is 5. The molecule has 2 heterocycles. The molecule has 2 aromatic carbocycles. The van der Waals surface area contributed by atoms with Crippen LogP contribution in [-0.4, -0.2) is 15.9 Å². The number of fused-ring (bicyclic) bond motifs is 1. The maximum absolute atomic E-state index is 12.4. The Kier molecular flexibility index (Phi) is 4.37. The van der Waals surface area contributed by atoms with Gasteiger partial charge in [-0.3, -0.25) is 4.79 Å². The van der Waals surface area contributed by atoms with Gasteiger partial charge < -0.3 is 14.5 Å². The first-order valence-corrected chi connectivity index (χ1v) is 8.90. The second-order valence-electron chi connectivity index (χ2n) is 5.66. The number of nitrogens with one attached hydrogen (secondary N) is 1. The zero-order chi connectivity index (χ0) is 17.9. The number of ether oxygens (including phenoxy) is 1. The van der Waals surface area contributed by atoms with Crippen molar-refractivity contribution in [2.45, 2.75) is 13.5 Å². The second-order valence-corrected chi connectivity index (χ2v) is 6.38. The quantitative estimate of drug-likeness (QED) is 0.566. The Morgan fingerprint density at radius 1 is 1.23 bits per heavy atom. The monoisotopic (exact) mass is 365 g/mol. The summed E-state index contributed by atoms with van der Waals surface area (Å²) in [4.78, 5) is 20.8. The summed E-state index contributed by atoms with van der Waals surface area (Å²) in [5.41, 5.74) is 5.27. The van der Waals surface area contributed by atoms with Gasteiger partial charge in [0.05, 0.1) is 11.2 Å². The molecule has 0 saturated carbocycles. The number of oxazole rings is 1. The Morgan fingerprint density at radius 3 is 2.85 bits per heavy atom. The molecule has 6 nitrogen and oxygen atoms in total. The number of nitrogens with zero attached hydrogens (tertiary/aromatic N) is 2. The zero-order valence-electron chi connectivity index (χ0n) is 13.9. The molecular weight excluding hydrogens is 350 g/mol. The van der Waals surface area contributed by atoms with E-state index in [0.29, 0.717) is 40.6 Å². The van der Waals surface area contributed by atoms with Gasteiger partial charge in [-0.05, 0) is 42.5 Å². The van der Waals surface area contributed by atoms with Crippen molar-refractivity contribution in [2.24, 2.45) is 0 Å². The molecule has 0 aliphatic heterocycles. The molecule has 1 N–H and O–H groups in total. The van der Waals surface area contributed by atoms with E-state index in [4.69, 9.17) is 9.15 Å². The van der Waals surface area contributed by atoms with Crippen LogP contribution >= 0.6 is 11.3 Å². The van der Waals surface area contributed by atoms with Gasteiger partial charge in [0.2, 0.25) is 0 Å². The van der Waals surface area contributed by atoms with E-state index in [0.717, 1.165) is 5.69 Å². The van der Waals surface area contributed by atoms with Crippen LogP contribution in [0.3, 0.4) is 0 Å². The summed E-state index contributed by atoms with van der Waals surface area (Å²) in [6, 6.07) is 12.4. The van der Waals surface area contributed by atoms with Gasteiger partial charge in [-0.25, -0.2) is 9.97 Å². The number of anilines is 1. The molecule has 4 rings (SSSR count). The molecule has 0 bridgehead atoms. The maximum Gasteiger partial charge on any atom is 0.255 e. The van der Waals surface area contributed by atoms with Crippen LogP contribution in [0.5, 0.6) is 5.75 Å². The average Bonchev–Trinajstić information content (AvgIpc) is 3.28. The van der Waals surface area contributed by atoms with Crippen molar-refractivity contribution >= 4 is 34.0 Å². The first kappa shape index (κ1) is 16.3. The van der Waals surface area contributed by atoms with Crippen molar-refractivity contribution in [3.8, 4) is 5.75 Å². The van der Waals surface area contributed by atoms with Crippen LogP contribution in [0, 0.1) is 6.92 Å². The number of carbonyl (C=O) groups excluding carboxylic acids is 1. The highest BCUT2D eigenvalue weighted by Gasteiger charge is 2.09. The molecule has 26 heavy (non-hydrogen) atoms. The van der Waals surface area contributed by atoms with Gasteiger partial charge in [0, 0.05) is 23.6 Å². The Morgan fingerprint density at radius 2 is 2.08 bits per heavy atom. The van der Waals surface area contributed by atoms with Gasteiger partial charge in [-0.2, -0.15) is 0 Å². The van der Waals surface area contributed by atoms with Crippen LogP contribution in [0.25, 0.3) is 11.1 Å². The summed E-state index contributed by atoms with van der Waals surface area (Å²) >= 11 is 1.53. The molecule has 2 aromatic heterocycles. The number of benzene rings is 2. The number of thiazole rings is 1. The van der Waals surface area contributed by atoms with E-state index >= 15 is 0 Å². The Bertz CT molecular complexity index is 1040. The van der Waals surface area contributed by atoms with Gasteiger partial charge in [-0.15, -0.1) is 11.3 Å². The van der Waals surface area contributed by atoms with Crippen LogP contribution in [0.4, 0.5) is 5.69 Å². The minimum atomic E-state index is -0.199. The lowest BCUT2D eigenvalue weighted by Crippen LogP contribution is -2.11. The third-order valence-electron chi connectivity index (χ3n) is 3.74. The first-order valence-electron chi connectivity index (χ1n) is 7.96. The summed E-state index contributed by atoms with van der Waals surface area (Å²) in [7, 11) is 0. The minimum absolute atomic E-state index is 0.199. The fraction of sp³-hybridized carbons (Fsp3) is 0.105. The lowest BCUT2D eigenvalue weighted by molar-refractivity contribution is 0.102. The largest absolute Gasteiger partial charge is 0.487 e. The van der Waals surface area contributed by atoms with Crippen molar-refractivity contribution in [1.82, 2.24) is 9.97 Å². The summed E-state index contributed by atoms with van der Waals surface area (Å²) < 4.78 is 11.1. The van der Waals surface area contributed by atoms with Crippen LogP contribution in [0.1, 0.15) is 21.9 Å². The molecule has 0 fully saturated rings. The molecule has 0 unspecified atom stereocenters. The predicted octanol–water partition coefficient (Wildman–Crippen LogP) is 4.42. The standard InChI is InChI=1S/C19H15N3O3S/c1-12-21-17-8-14(4-7-18(17)25-12)22-19(23)13-2-5-16(6-3-13)24-9-15-10-26-11-20-15/h2-8,10-11H,9H2,1H3,(H,22,23). The first-order chi connectivity index (χ1) is 12.7. The van der Waals surface area contributed by atoms with E-state index < -0.39 is 0 Å². The molecule has 0 radical (unpaired) electrons. The highest BCUT2D eigenvalue weighted by molar-refractivity contribution is 7.07. The Labute approximate surface area is 153 Å². The summed E-state index contributed by atoms with van der Waals surface area (Å²) in [6.07, 6.45) is 0. The van der Waals surface area contributed by atoms with Crippen LogP contribution in [0.2, 0.25) is 0 Å². The second kappa shape index (κ2) is 6.97. The van der Waals surface area contributed by atoms with E-state index in [1.807, 2.05) is 5.38 Å². The van der Waals surface area contributed by atoms with E-state index in [-0.39, 0.29) is 5.91 Å². The number of hydrogen-bond donors (Lipinski definition) is 1. The van der Waals surface area contributed by atoms with Crippen molar-refractivity contribution in [3.63, 3.8) is 0 Å². The minimum Gasteiger partial charge on any atom is -0.487 e.